The van der Waals surface area contributed by atoms with Crippen LogP contribution < -0.4 is 21.7 Å². The van der Waals surface area contributed by atoms with Gasteiger partial charge in [0.1, 0.15) is 0 Å². The number of hydrazine groups is 2. The molecular formula is C13H16N4O4. The Morgan fingerprint density at radius 2 is 1.33 bits per heavy atom. The summed E-state index contributed by atoms with van der Waals surface area (Å²) in [7, 11) is 0. The second-order valence-corrected chi connectivity index (χ2v) is 4.07. The zero-order valence-electron chi connectivity index (χ0n) is 11.2. The number of carbonyl (C=O) groups is 2. The first-order chi connectivity index (χ1) is 10.3. The summed E-state index contributed by atoms with van der Waals surface area (Å²) < 4.78 is 9.86. The van der Waals surface area contributed by atoms with Crippen molar-refractivity contribution in [3.05, 3.63) is 48.3 Å². The molecule has 112 valence electrons. The van der Waals surface area contributed by atoms with E-state index in [1.807, 2.05) is 0 Å². The van der Waals surface area contributed by atoms with Gasteiger partial charge in [0.25, 0.3) is 0 Å². The van der Waals surface area contributed by atoms with Gasteiger partial charge >= 0.3 is 11.8 Å². The maximum Gasteiger partial charge on any atom is 0.301 e. The summed E-state index contributed by atoms with van der Waals surface area (Å²) in [6.45, 7) is 1.08. The van der Waals surface area contributed by atoms with Crippen molar-refractivity contribution >= 4 is 11.8 Å². The fraction of sp³-hybridized carbons (Fsp3) is 0.231. The van der Waals surface area contributed by atoms with Gasteiger partial charge < -0.3 is 8.83 Å². The summed E-state index contributed by atoms with van der Waals surface area (Å²) in [5.41, 5.74) is 10.5. The Kier molecular flexibility index (Phi) is 5.56. The lowest BCUT2D eigenvalue weighted by Crippen LogP contribution is -2.41. The number of nitrogens with one attached hydrogen (secondary N) is 4. The highest BCUT2D eigenvalue weighted by atomic mass is 16.3. The van der Waals surface area contributed by atoms with E-state index in [1.54, 1.807) is 24.3 Å². The molecule has 8 nitrogen and oxygen atoms in total. The van der Waals surface area contributed by atoms with Gasteiger partial charge in [-0.25, -0.2) is 10.9 Å². The minimum Gasteiger partial charge on any atom is -0.459 e. The first kappa shape index (κ1) is 14.8. The van der Waals surface area contributed by atoms with E-state index in [2.05, 4.69) is 21.7 Å². The van der Waals surface area contributed by atoms with Crippen molar-refractivity contribution in [1.29, 1.82) is 0 Å². The summed E-state index contributed by atoms with van der Waals surface area (Å²) in [6.07, 6.45) is 3.55. The molecular weight excluding hydrogens is 276 g/mol. The van der Waals surface area contributed by atoms with Crippen LogP contribution in [0, 0.1) is 0 Å². The van der Waals surface area contributed by atoms with Crippen LogP contribution in [0.4, 0.5) is 0 Å². The van der Waals surface area contributed by atoms with Crippen LogP contribution in [0.1, 0.15) is 27.5 Å². The molecule has 0 radical (unpaired) electrons. The van der Waals surface area contributed by atoms with Crippen LogP contribution >= 0.6 is 0 Å². The third kappa shape index (κ3) is 4.79. The lowest BCUT2D eigenvalue weighted by molar-refractivity contribution is 0.0902. The smallest absolute Gasteiger partial charge is 0.301 e. The van der Waals surface area contributed by atoms with Crippen molar-refractivity contribution in [1.82, 2.24) is 21.7 Å². The van der Waals surface area contributed by atoms with E-state index in [0.717, 1.165) is 0 Å². The molecule has 0 aliphatic heterocycles. The predicted octanol–water partition coefficient (Wildman–Crippen LogP) is 0.432. The first-order valence-electron chi connectivity index (χ1n) is 6.41. The van der Waals surface area contributed by atoms with Gasteiger partial charge in [-0.1, -0.05) is 0 Å². The van der Waals surface area contributed by atoms with E-state index in [4.69, 9.17) is 8.83 Å². The van der Waals surface area contributed by atoms with Gasteiger partial charge in [0.05, 0.1) is 12.5 Å². The lowest BCUT2D eigenvalue weighted by atomic mass is 10.4. The van der Waals surface area contributed by atoms with Crippen molar-refractivity contribution in [2.75, 3.05) is 13.1 Å². The summed E-state index contributed by atoms with van der Waals surface area (Å²) in [6, 6.07) is 6.42. The highest BCUT2D eigenvalue weighted by molar-refractivity contribution is 5.91. The Balaban J connectivity index is 1.49. The molecule has 0 saturated carbocycles. The number of amides is 2. The molecule has 0 spiro atoms. The molecule has 2 amide bonds. The minimum absolute atomic E-state index is 0.242. The molecule has 4 N–H and O–H groups in total. The lowest BCUT2D eigenvalue weighted by Gasteiger charge is -2.07. The predicted molar refractivity (Wildman–Crippen MR) is 73.0 cm³/mol. The molecule has 0 atom stereocenters. The number of carbonyl (C=O) groups excluding carboxylic acids is 2. The van der Waals surface area contributed by atoms with Gasteiger partial charge in [-0.15, -0.1) is 0 Å². The summed E-state index contributed by atoms with van der Waals surface area (Å²) in [5, 5.41) is 0. The van der Waals surface area contributed by atoms with Gasteiger partial charge in [-0.2, -0.15) is 0 Å². The molecule has 2 rings (SSSR count). The average molecular weight is 292 g/mol. The number of rotatable bonds is 8. The SMILES string of the molecule is O=C(NNCCCNNC(=O)c1ccco1)c1ccco1. The topological polar surface area (TPSA) is 109 Å². The second-order valence-electron chi connectivity index (χ2n) is 4.07. The maximum absolute atomic E-state index is 11.5. The van der Waals surface area contributed by atoms with E-state index in [-0.39, 0.29) is 23.3 Å². The molecule has 0 aromatic carbocycles. The Labute approximate surface area is 120 Å². The summed E-state index contributed by atoms with van der Waals surface area (Å²) in [4.78, 5) is 22.9. The number of hydrogen-bond donors (Lipinski definition) is 4. The van der Waals surface area contributed by atoms with E-state index < -0.39 is 0 Å². The van der Waals surface area contributed by atoms with Crippen LogP contribution in [0.15, 0.2) is 45.6 Å². The Morgan fingerprint density at radius 3 is 1.71 bits per heavy atom. The third-order valence-corrected chi connectivity index (χ3v) is 2.50. The normalized spacial score (nSPS) is 10.3. The first-order valence-corrected chi connectivity index (χ1v) is 6.41. The van der Waals surface area contributed by atoms with Crippen LogP contribution in [0.3, 0.4) is 0 Å². The summed E-state index contributed by atoms with van der Waals surface area (Å²) >= 11 is 0. The quantitative estimate of drug-likeness (QED) is 0.415. The molecule has 2 heterocycles. The maximum atomic E-state index is 11.5. The Morgan fingerprint density at radius 1 is 0.857 bits per heavy atom. The Bertz CT molecular complexity index is 501. The third-order valence-electron chi connectivity index (χ3n) is 2.50. The van der Waals surface area contributed by atoms with Crippen LogP contribution in [0.25, 0.3) is 0 Å². The van der Waals surface area contributed by atoms with E-state index in [1.165, 1.54) is 12.5 Å². The highest BCUT2D eigenvalue weighted by Crippen LogP contribution is 1.98. The van der Waals surface area contributed by atoms with Crippen LogP contribution in [-0.2, 0) is 0 Å². The van der Waals surface area contributed by atoms with Crippen LogP contribution in [0.5, 0.6) is 0 Å². The van der Waals surface area contributed by atoms with Crippen molar-refractivity contribution in [3.8, 4) is 0 Å². The molecule has 0 bridgehead atoms. The van der Waals surface area contributed by atoms with Gasteiger partial charge in [-0.05, 0) is 30.7 Å². The fourth-order valence-electron chi connectivity index (χ4n) is 1.49. The van der Waals surface area contributed by atoms with E-state index in [9.17, 15) is 9.59 Å². The van der Waals surface area contributed by atoms with Gasteiger partial charge in [0.15, 0.2) is 11.5 Å². The summed E-state index contributed by atoms with van der Waals surface area (Å²) in [5.74, 6) is -0.184. The van der Waals surface area contributed by atoms with Gasteiger partial charge in [0, 0.05) is 13.1 Å². The molecule has 0 aliphatic carbocycles. The van der Waals surface area contributed by atoms with Crippen molar-refractivity contribution in [2.24, 2.45) is 0 Å². The second kappa shape index (κ2) is 7.88. The van der Waals surface area contributed by atoms with E-state index >= 15 is 0 Å². The number of hydrogen-bond acceptors (Lipinski definition) is 6. The minimum atomic E-state index is -0.334. The van der Waals surface area contributed by atoms with Crippen molar-refractivity contribution in [3.63, 3.8) is 0 Å². The molecule has 21 heavy (non-hydrogen) atoms. The standard InChI is InChI=1S/C13H16N4O4/c18-12(10-4-1-8-20-10)16-14-6-3-7-15-17-13(19)11-5-2-9-21-11/h1-2,4-5,8-9,14-15H,3,6-7H2,(H,16,18)(H,17,19). The number of furan rings is 2. The molecule has 8 heteroatoms. The largest absolute Gasteiger partial charge is 0.459 e. The molecule has 0 unspecified atom stereocenters. The van der Waals surface area contributed by atoms with Crippen molar-refractivity contribution in [2.45, 2.75) is 6.42 Å². The highest BCUT2D eigenvalue weighted by Gasteiger charge is 2.07. The molecule has 2 aromatic rings. The molecule has 0 saturated heterocycles. The van der Waals surface area contributed by atoms with Crippen LogP contribution in [0.2, 0.25) is 0 Å². The fourth-order valence-corrected chi connectivity index (χ4v) is 1.49. The van der Waals surface area contributed by atoms with Gasteiger partial charge in [0.2, 0.25) is 0 Å². The molecule has 0 aliphatic rings. The molecule has 2 aromatic heterocycles. The van der Waals surface area contributed by atoms with E-state index in [0.29, 0.717) is 19.5 Å². The van der Waals surface area contributed by atoms with Crippen LogP contribution in [-0.4, -0.2) is 24.9 Å². The Hall–Kier alpha value is -2.58. The van der Waals surface area contributed by atoms with Crippen molar-refractivity contribution < 1.29 is 18.4 Å². The average Bonchev–Trinajstić information content (AvgIpc) is 3.18. The zero-order chi connectivity index (χ0) is 14.9. The monoisotopic (exact) mass is 292 g/mol. The van der Waals surface area contributed by atoms with Gasteiger partial charge in [-0.3, -0.25) is 20.4 Å². The zero-order valence-corrected chi connectivity index (χ0v) is 11.2. The molecule has 0 fully saturated rings.